The molecule has 4 aromatic carbocycles. The average molecular weight is 549 g/mol. The highest BCUT2D eigenvalue weighted by molar-refractivity contribution is 6.31. The highest BCUT2D eigenvalue weighted by Crippen LogP contribution is 2.33. The van der Waals surface area contributed by atoms with Crippen LogP contribution in [0.2, 0.25) is 0 Å². The second kappa shape index (κ2) is 12.0. The Morgan fingerprint density at radius 2 is 1.39 bits per heavy atom. The van der Waals surface area contributed by atoms with E-state index in [4.69, 9.17) is 14.2 Å². The van der Waals surface area contributed by atoms with E-state index in [0.717, 1.165) is 5.75 Å². The molecule has 0 spiro atoms. The summed E-state index contributed by atoms with van der Waals surface area (Å²) in [4.78, 5) is 25.4. The van der Waals surface area contributed by atoms with Gasteiger partial charge in [-0.1, -0.05) is 80.6 Å². The Balaban J connectivity index is 1.18. The molecular weight excluding hydrogens is 516 g/mol. The Morgan fingerprint density at radius 3 is 2.07 bits per heavy atom. The second-order valence-corrected chi connectivity index (χ2v) is 10.1. The van der Waals surface area contributed by atoms with Gasteiger partial charge in [-0.2, -0.15) is 0 Å². The minimum absolute atomic E-state index is 0.0381. The Bertz CT molecular complexity index is 1550. The van der Waals surface area contributed by atoms with Gasteiger partial charge in [-0.05, 0) is 59.2 Å². The Kier molecular flexibility index (Phi) is 8.06. The van der Waals surface area contributed by atoms with Gasteiger partial charge in [0.15, 0.2) is 11.5 Å². The molecule has 5 rings (SSSR count). The molecule has 0 saturated carbocycles. The highest BCUT2D eigenvalue weighted by Gasteiger charge is 2.34. The number of nitrogens with one attached hydrogen (secondary N) is 1. The first-order chi connectivity index (χ1) is 19.9. The topological polar surface area (TPSA) is 77.1 Å². The number of benzene rings is 4. The number of nitrogens with zero attached hydrogens (tertiary/aromatic N) is 1. The number of carbonyl (C=O) groups is 2. The maximum Gasteiger partial charge on any atom is 0.282 e. The normalized spacial score (nSPS) is 14.2. The van der Waals surface area contributed by atoms with Gasteiger partial charge in [0.2, 0.25) is 0 Å². The number of hydrazine groups is 1. The van der Waals surface area contributed by atoms with Gasteiger partial charge >= 0.3 is 0 Å². The molecule has 1 heterocycles. The number of hydrogen-bond acceptors (Lipinski definition) is 5. The predicted molar refractivity (Wildman–Crippen MR) is 159 cm³/mol. The molecule has 0 bridgehead atoms. The highest BCUT2D eigenvalue weighted by atomic mass is 16.5. The molecule has 0 aromatic heterocycles. The van der Waals surface area contributed by atoms with Crippen LogP contribution in [0, 0.1) is 0 Å². The quantitative estimate of drug-likeness (QED) is 0.151. The summed E-state index contributed by atoms with van der Waals surface area (Å²) in [5, 5.41) is 1.24. The van der Waals surface area contributed by atoms with Crippen molar-refractivity contribution in [3.63, 3.8) is 0 Å². The fraction of sp³-hybridized carbons (Fsp3) is 0.176. The van der Waals surface area contributed by atoms with Gasteiger partial charge < -0.3 is 14.2 Å². The molecule has 4 aromatic rings. The summed E-state index contributed by atoms with van der Waals surface area (Å²) < 4.78 is 17.3. The van der Waals surface area contributed by atoms with Gasteiger partial charge in [-0.3, -0.25) is 15.0 Å². The monoisotopic (exact) mass is 548 g/mol. The third kappa shape index (κ3) is 6.09. The zero-order valence-corrected chi connectivity index (χ0v) is 23.3. The average Bonchev–Trinajstić information content (AvgIpc) is 3.29. The van der Waals surface area contributed by atoms with E-state index in [9.17, 15) is 9.59 Å². The van der Waals surface area contributed by atoms with Crippen LogP contribution < -0.4 is 24.6 Å². The van der Waals surface area contributed by atoms with Gasteiger partial charge in [-0.25, -0.2) is 5.01 Å². The maximum absolute atomic E-state index is 12.9. The summed E-state index contributed by atoms with van der Waals surface area (Å²) >= 11 is 0. The summed E-state index contributed by atoms with van der Waals surface area (Å²) in [7, 11) is 1.54. The van der Waals surface area contributed by atoms with Crippen LogP contribution in [0.4, 0.5) is 5.69 Å². The molecule has 7 nitrogen and oxygen atoms in total. The molecule has 1 N–H and O–H groups in total. The van der Waals surface area contributed by atoms with Crippen LogP contribution in [0.25, 0.3) is 6.08 Å². The lowest BCUT2D eigenvalue weighted by atomic mass is 9.78. The van der Waals surface area contributed by atoms with E-state index in [0.29, 0.717) is 36.0 Å². The van der Waals surface area contributed by atoms with Crippen molar-refractivity contribution in [2.45, 2.75) is 19.3 Å². The first-order valence-electron chi connectivity index (χ1n) is 13.4. The first-order valence-corrected chi connectivity index (χ1v) is 13.4. The molecule has 1 saturated heterocycles. The molecule has 7 heteroatoms. The second-order valence-electron chi connectivity index (χ2n) is 10.1. The van der Waals surface area contributed by atoms with E-state index >= 15 is 0 Å². The first kappa shape index (κ1) is 27.5. The lowest BCUT2D eigenvalue weighted by molar-refractivity contribution is -0.117. The van der Waals surface area contributed by atoms with Gasteiger partial charge in [0.25, 0.3) is 11.8 Å². The third-order valence-electron chi connectivity index (χ3n) is 7.09. The van der Waals surface area contributed by atoms with Crippen molar-refractivity contribution < 1.29 is 23.8 Å². The fourth-order valence-electron chi connectivity index (χ4n) is 4.68. The van der Waals surface area contributed by atoms with Crippen LogP contribution in [0.1, 0.15) is 30.5 Å². The van der Waals surface area contributed by atoms with Crippen molar-refractivity contribution in [1.82, 2.24) is 5.43 Å². The van der Waals surface area contributed by atoms with Crippen molar-refractivity contribution in [2.75, 3.05) is 25.3 Å². The molecule has 1 aliphatic rings. The van der Waals surface area contributed by atoms with Gasteiger partial charge in [0, 0.05) is 5.41 Å². The lowest BCUT2D eigenvalue weighted by Crippen LogP contribution is -2.35. The number of para-hydroxylation sites is 1. The molecule has 2 amide bonds. The van der Waals surface area contributed by atoms with E-state index in [1.807, 2.05) is 24.3 Å². The van der Waals surface area contributed by atoms with Crippen molar-refractivity contribution >= 4 is 23.6 Å². The van der Waals surface area contributed by atoms with Gasteiger partial charge in [0.1, 0.15) is 24.5 Å². The zero-order valence-electron chi connectivity index (χ0n) is 23.3. The Labute approximate surface area is 240 Å². The van der Waals surface area contributed by atoms with Crippen LogP contribution in [-0.2, 0) is 15.0 Å². The summed E-state index contributed by atoms with van der Waals surface area (Å²) in [6, 6.07) is 32.7. The third-order valence-corrected chi connectivity index (χ3v) is 7.09. The van der Waals surface area contributed by atoms with Crippen molar-refractivity contribution in [1.29, 1.82) is 0 Å². The smallest absolute Gasteiger partial charge is 0.282 e. The van der Waals surface area contributed by atoms with Crippen LogP contribution in [0.15, 0.2) is 109 Å². The number of ether oxygens (including phenoxy) is 3. The minimum Gasteiger partial charge on any atom is -0.493 e. The molecule has 0 aliphatic carbocycles. The number of hydrogen-bond donors (Lipinski definition) is 1. The van der Waals surface area contributed by atoms with Crippen LogP contribution in [-0.4, -0.2) is 32.1 Å². The van der Waals surface area contributed by atoms with E-state index in [2.05, 4.69) is 55.7 Å². The number of rotatable bonds is 10. The molecule has 0 atom stereocenters. The van der Waals surface area contributed by atoms with Crippen molar-refractivity contribution in [3.8, 4) is 17.2 Å². The summed E-state index contributed by atoms with van der Waals surface area (Å²) in [5.41, 5.74) is 6.21. The van der Waals surface area contributed by atoms with Gasteiger partial charge in [0.05, 0.1) is 12.8 Å². The standard InChI is InChI=1S/C34H32N2O5/c1-34(2,25-10-6-4-7-11-25)26-15-17-28(18-16-26)40-20-21-41-30-19-14-24(23-31(30)39-3)22-29-32(37)35-36(33(29)38)27-12-8-5-9-13-27/h4-19,22-23H,20-21H2,1-3H3,(H,35,37). The fourth-order valence-corrected chi connectivity index (χ4v) is 4.68. The Morgan fingerprint density at radius 1 is 0.756 bits per heavy atom. The lowest BCUT2D eigenvalue weighted by Gasteiger charge is -2.26. The maximum atomic E-state index is 12.9. The molecular formula is C34H32N2O5. The van der Waals surface area contributed by atoms with Crippen LogP contribution in [0.3, 0.4) is 0 Å². The molecule has 1 fully saturated rings. The molecule has 1 aliphatic heterocycles. The van der Waals surface area contributed by atoms with E-state index in [-0.39, 0.29) is 11.0 Å². The van der Waals surface area contributed by atoms with E-state index < -0.39 is 11.8 Å². The molecule has 0 radical (unpaired) electrons. The number of methoxy groups -OCH3 is 1. The van der Waals surface area contributed by atoms with E-state index in [1.165, 1.54) is 16.1 Å². The van der Waals surface area contributed by atoms with Gasteiger partial charge in [-0.15, -0.1) is 0 Å². The summed E-state index contributed by atoms with van der Waals surface area (Å²) in [5.74, 6) is 0.893. The molecule has 208 valence electrons. The predicted octanol–water partition coefficient (Wildman–Crippen LogP) is 5.94. The minimum atomic E-state index is -0.466. The van der Waals surface area contributed by atoms with Crippen LogP contribution in [0.5, 0.6) is 17.2 Å². The van der Waals surface area contributed by atoms with Crippen LogP contribution >= 0.6 is 0 Å². The Hall–Kier alpha value is -5.04. The molecule has 0 unspecified atom stereocenters. The summed E-state index contributed by atoms with van der Waals surface area (Å²) in [6.45, 7) is 5.07. The zero-order chi connectivity index (χ0) is 28.8. The largest absolute Gasteiger partial charge is 0.493 e. The number of amides is 2. The van der Waals surface area contributed by atoms with Crippen molar-refractivity contribution in [3.05, 3.63) is 125 Å². The van der Waals surface area contributed by atoms with Crippen molar-refractivity contribution in [2.24, 2.45) is 0 Å². The number of anilines is 1. The number of carbonyl (C=O) groups excluding carboxylic acids is 2. The van der Waals surface area contributed by atoms with E-state index in [1.54, 1.807) is 55.7 Å². The summed E-state index contributed by atoms with van der Waals surface area (Å²) in [6.07, 6.45) is 1.54. The molecule has 41 heavy (non-hydrogen) atoms. The SMILES string of the molecule is COc1cc(C=C2C(=O)NN(c3ccccc3)C2=O)ccc1OCCOc1ccc(C(C)(C)c2ccccc2)cc1.